The number of rotatable bonds is 5. The van der Waals surface area contributed by atoms with Crippen LogP contribution in [0.2, 0.25) is 0 Å². The molecule has 3 aromatic rings. The van der Waals surface area contributed by atoms with E-state index in [0.717, 1.165) is 22.6 Å². The molecule has 7 heteroatoms. The van der Waals surface area contributed by atoms with Gasteiger partial charge >= 0.3 is 5.97 Å². The van der Waals surface area contributed by atoms with Gasteiger partial charge in [0.1, 0.15) is 0 Å². The van der Waals surface area contributed by atoms with E-state index in [9.17, 15) is 9.59 Å². The van der Waals surface area contributed by atoms with Gasteiger partial charge in [0.2, 0.25) is 0 Å². The minimum atomic E-state index is -0.364. The lowest BCUT2D eigenvalue weighted by molar-refractivity contribution is -0.121. The molecule has 0 aliphatic carbocycles. The summed E-state index contributed by atoms with van der Waals surface area (Å²) in [6, 6.07) is 17.6. The second kappa shape index (κ2) is 10.4. The smallest absolute Gasteiger partial charge is 0.338 e. The first-order chi connectivity index (χ1) is 17.5. The van der Waals surface area contributed by atoms with Crippen molar-refractivity contribution in [3.05, 3.63) is 87.6 Å². The van der Waals surface area contributed by atoms with Gasteiger partial charge in [-0.25, -0.2) is 9.79 Å². The highest BCUT2D eigenvalue weighted by molar-refractivity contribution is 8.18. The van der Waals surface area contributed by atoms with Gasteiger partial charge in [-0.3, -0.25) is 9.69 Å². The lowest BCUT2D eigenvalue weighted by Gasteiger charge is -2.20. The van der Waals surface area contributed by atoms with Crippen molar-refractivity contribution in [1.82, 2.24) is 9.47 Å². The van der Waals surface area contributed by atoms with Crippen LogP contribution in [0.15, 0.2) is 64.5 Å². The van der Waals surface area contributed by atoms with Gasteiger partial charge in [0.25, 0.3) is 5.91 Å². The summed E-state index contributed by atoms with van der Waals surface area (Å²) < 4.78 is 7.24. The second-order valence-electron chi connectivity index (χ2n) is 10.1. The van der Waals surface area contributed by atoms with Crippen LogP contribution in [-0.2, 0) is 14.9 Å². The molecule has 0 N–H and O–H groups in total. The van der Waals surface area contributed by atoms with E-state index in [-0.39, 0.29) is 17.3 Å². The summed E-state index contributed by atoms with van der Waals surface area (Å²) in [6.07, 6.45) is 1.94. The Bertz CT molecular complexity index is 1390. The fourth-order valence-electron chi connectivity index (χ4n) is 4.23. The molecule has 1 fully saturated rings. The van der Waals surface area contributed by atoms with E-state index in [2.05, 4.69) is 74.5 Å². The molecule has 1 aliphatic heterocycles. The Morgan fingerprint density at radius 2 is 1.70 bits per heavy atom. The number of aliphatic imine (C=N–C) groups is 1. The molecule has 0 atom stereocenters. The summed E-state index contributed by atoms with van der Waals surface area (Å²) in [4.78, 5) is 31.7. The normalized spacial score (nSPS) is 16.2. The quantitative estimate of drug-likeness (QED) is 0.277. The molecule has 0 bridgehead atoms. The number of hydrogen-bond acceptors (Lipinski definition) is 5. The molecule has 2 aromatic carbocycles. The highest BCUT2D eigenvalue weighted by Crippen LogP contribution is 2.35. The van der Waals surface area contributed by atoms with Crippen LogP contribution < -0.4 is 0 Å². The van der Waals surface area contributed by atoms with Crippen LogP contribution in [0.4, 0.5) is 5.69 Å². The van der Waals surface area contributed by atoms with Crippen LogP contribution in [0.1, 0.15) is 60.6 Å². The van der Waals surface area contributed by atoms with Crippen molar-refractivity contribution >= 4 is 40.6 Å². The molecular weight excluding hydrogens is 482 g/mol. The van der Waals surface area contributed by atoms with Crippen molar-refractivity contribution in [2.24, 2.45) is 4.99 Å². The van der Waals surface area contributed by atoms with Crippen molar-refractivity contribution in [3.8, 4) is 5.69 Å². The third-order valence-corrected chi connectivity index (χ3v) is 7.42. The van der Waals surface area contributed by atoms with Crippen LogP contribution in [-0.4, -0.2) is 40.2 Å². The number of thioether (sulfide) groups is 1. The molecule has 1 aliphatic rings. The predicted octanol–water partition coefficient (Wildman–Crippen LogP) is 6.80. The number of benzene rings is 2. The molecule has 4 rings (SSSR count). The Hall–Kier alpha value is -3.58. The number of amidine groups is 1. The van der Waals surface area contributed by atoms with Gasteiger partial charge in [-0.15, -0.1) is 0 Å². The van der Waals surface area contributed by atoms with Crippen LogP contribution in [0.25, 0.3) is 11.8 Å². The summed E-state index contributed by atoms with van der Waals surface area (Å²) in [6.45, 7) is 12.9. The highest BCUT2D eigenvalue weighted by Gasteiger charge is 2.31. The van der Waals surface area contributed by atoms with E-state index in [1.165, 1.54) is 17.3 Å². The molecule has 0 spiro atoms. The van der Waals surface area contributed by atoms with E-state index in [1.54, 1.807) is 43.1 Å². The van der Waals surface area contributed by atoms with Crippen LogP contribution in [0.5, 0.6) is 0 Å². The summed E-state index contributed by atoms with van der Waals surface area (Å²) >= 11 is 1.35. The second-order valence-corrected chi connectivity index (χ2v) is 11.1. The predicted molar refractivity (Wildman–Crippen MR) is 152 cm³/mol. The molecule has 37 heavy (non-hydrogen) atoms. The zero-order chi connectivity index (χ0) is 26.9. The molecular formula is C30H33N3O3S. The Labute approximate surface area is 223 Å². The number of carbonyl (C=O) groups excluding carboxylic acids is 2. The van der Waals surface area contributed by atoms with E-state index >= 15 is 0 Å². The Balaban J connectivity index is 1.59. The fourth-order valence-corrected chi connectivity index (χ4v) is 5.21. The number of aromatic nitrogens is 1. The average Bonchev–Trinajstić information content (AvgIpc) is 3.28. The average molecular weight is 516 g/mol. The molecule has 6 nitrogen and oxygen atoms in total. The monoisotopic (exact) mass is 515 g/mol. The summed E-state index contributed by atoms with van der Waals surface area (Å²) in [5.41, 5.74) is 6.80. The van der Waals surface area contributed by atoms with Crippen LogP contribution in [0, 0.1) is 13.8 Å². The molecule has 1 saturated heterocycles. The fraction of sp³-hybridized carbons (Fsp3) is 0.300. The molecule has 2 heterocycles. The Morgan fingerprint density at radius 1 is 1.05 bits per heavy atom. The van der Waals surface area contributed by atoms with E-state index in [0.29, 0.717) is 27.9 Å². The number of hydrogen-bond donors (Lipinski definition) is 0. The van der Waals surface area contributed by atoms with Gasteiger partial charge in [0, 0.05) is 24.1 Å². The minimum absolute atomic E-state index is 0.0915. The molecule has 0 saturated carbocycles. The number of esters is 1. The van der Waals surface area contributed by atoms with E-state index in [1.807, 2.05) is 6.08 Å². The zero-order valence-electron chi connectivity index (χ0n) is 22.5. The molecule has 1 aromatic heterocycles. The van der Waals surface area contributed by atoms with Crippen molar-refractivity contribution < 1.29 is 14.3 Å². The Morgan fingerprint density at radius 3 is 2.30 bits per heavy atom. The highest BCUT2D eigenvalue weighted by atomic mass is 32.2. The standard InChI is InChI=1S/C30H33N3O3S/c1-8-36-28(35)21-9-13-24(14-10-21)31-29-32(7)27(34)26(37-29)18-22-17-19(2)33(20(22)3)25-15-11-23(12-16-25)30(4,5)6/h9-18H,8H2,1-7H3/b26-18-,31-29?. The van der Waals surface area contributed by atoms with Crippen molar-refractivity contribution in [1.29, 1.82) is 0 Å². The SMILES string of the molecule is CCOC(=O)c1ccc(N=C2S/C(=C\c3cc(C)n(-c4ccc(C(C)(C)C)cc4)c3C)C(=O)N2C)cc1. The number of ether oxygens (including phenoxy) is 1. The van der Waals surface area contributed by atoms with Gasteiger partial charge < -0.3 is 9.30 Å². The summed E-state index contributed by atoms with van der Waals surface area (Å²) in [5.74, 6) is -0.455. The molecule has 1 amide bonds. The van der Waals surface area contributed by atoms with Crippen molar-refractivity contribution in [3.63, 3.8) is 0 Å². The van der Waals surface area contributed by atoms with Gasteiger partial charge in [0.15, 0.2) is 5.17 Å². The van der Waals surface area contributed by atoms with Crippen molar-refractivity contribution in [2.75, 3.05) is 13.7 Å². The van der Waals surface area contributed by atoms with E-state index < -0.39 is 0 Å². The first-order valence-electron chi connectivity index (χ1n) is 12.3. The first kappa shape index (κ1) is 26.5. The van der Waals surface area contributed by atoms with Gasteiger partial charge in [-0.05, 0) is 97.6 Å². The number of nitrogens with zero attached hydrogens (tertiary/aromatic N) is 3. The van der Waals surface area contributed by atoms with Gasteiger partial charge in [-0.2, -0.15) is 0 Å². The molecule has 192 valence electrons. The topological polar surface area (TPSA) is 63.9 Å². The maximum atomic E-state index is 13.0. The Kier molecular flexibility index (Phi) is 7.46. The lowest BCUT2D eigenvalue weighted by atomic mass is 9.87. The zero-order valence-corrected chi connectivity index (χ0v) is 23.3. The molecule has 0 radical (unpaired) electrons. The van der Waals surface area contributed by atoms with Crippen LogP contribution in [0.3, 0.4) is 0 Å². The molecule has 0 unspecified atom stereocenters. The largest absolute Gasteiger partial charge is 0.462 e. The third kappa shape index (κ3) is 5.57. The minimum Gasteiger partial charge on any atom is -0.462 e. The number of carbonyl (C=O) groups is 2. The number of aryl methyl sites for hydroxylation is 1. The van der Waals surface area contributed by atoms with Gasteiger partial charge in [0.05, 0.1) is 22.8 Å². The lowest BCUT2D eigenvalue weighted by Crippen LogP contribution is -2.23. The maximum absolute atomic E-state index is 13.0. The van der Waals surface area contributed by atoms with E-state index in [4.69, 9.17) is 4.74 Å². The van der Waals surface area contributed by atoms with Crippen LogP contribution >= 0.6 is 11.8 Å². The third-order valence-electron chi connectivity index (χ3n) is 6.36. The number of amides is 1. The number of likely N-dealkylation sites (N-methyl/N-ethyl adjacent to an activating group) is 1. The summed E-state index contributed by atoms with van der Waals surface area (Å²) in [5, 5.41) is 0.590. The van der Waals surface area contributed by atoms with Crippen molar-refractivity contribution in [2.45, 2.75) is 47.0 Å². The van der Waals surface area contributed by atoms with Gasteiger partial charge in [-0.1, -0.05) is 32.9 Å². The summed E-state index contributed by atoms with van der Waals surface area (Å²) in [7, 11) is 1.72. The first-order valence-corrected chi connectivity index (χ1v) is 13.1. The maximum Gasteiger partial charge on any atom is 0.338 e.